The summed E-state index contributed by atoms with van der Waals surface area (Å²) >= 11 is 0. The molecule has 1 aromatic heterocycles. The first-order valence-electron chi connectivity index (χ1n) is 12.6. The Morgan fingerprint density at radius 1 is 1.03 bits per heavy atom. The smallest absolute Gasteiger partial charge is 0.352 e. The molecule has 0 radical (unpaired) electrons. The Morgan fingerprint density at radius 3 is 2.43 bits per heavy atom. The normalized spacial score (nSPS) is 14.0. The quantitative estimate of drug-likeness (QED) is 0.308. The van der Waals surface area contributed by atoms with Crippen LogP contribution < -0.4 is 15.5 Å². The monoisotopic (exact) mass is 510 g/mol. The van der Waals surface area contributed by atoms with E-state index in [0.29, 0.717) is 29.4 Å². The van der Waals surface area contributed by atoms with Gasteiger partial charge in [-0.15, -0.1) is 0 Å². The minimum absolute atomic E-state index is 0.0860. The van der Waals surface area contributed by atoms with Crippen LogP contribution >= 0.6 is 0 Å². The van der Waals surface area contributed by atoms with Gasteiger partial charge in [-0.25, -0.2) is 18.4 Å². The Kier molecular flexibility index (Phi) is 8.11. The van der Waals surface area contributed by atoms with Gasteiger partial charge >= 0.3 is 12.0 Å². The van der Waals surface area contributed by atoms with E-state index in [1.54, 1.807) is 18.3 Å². The Morgan fingerprint density at radius 2 is 1.76 bits per heavy atom. The molecule has 4 rings (SSSR count). The Labute approximate surface area is 215 Å². The van der Waals surface area contributed by atoms with Crippen LogP contribution in [0, 0.1) is 17.6 Å². The number of carboxylic acids is 1. The van der Waals surface area contributed by atoms with Crippen molar-refractivity contribution in [2.75, 3.05) is 22.1 Å². The number of rotatable bonds is 8. The second kappa shape index (κ2) is 11.5. The first-order chi connectivity index (χ1) is 17.7. The van der Waals surface area contributed by atoms with Crippen molar-refractivity contribution < 1.29 is 23.5 Å². The van der Waals surface area contributed by atoms with E-state index in [0.717, 1.165) is 50.0 Å². The number of nitrogens with one attached hydrogen (secondary N) is 2. The third-order valence-corrected chi connectivity index (χ3v) is 6.54. The number of benzene rings is 2. The van der Waals surface area contributed by atoms with E-state index < -0.39 is 23.6 Å². The minimum atomic E-state index is -1.07. The number of carboxylic acid groups (broad SMARTS) is 1. The average molecular weight is 511 g/mol. The number of urea groups is 1. The van der Waals surface area contributed by atoms with Crippen molar-refractivity contribution in [1.29, 1.82) is 0 Å². The number of anilines is 3. The van der Waals surface area contributed by atoms with Gasteiger partial charge in [0.15, 0.2) is 0 Å². The standard InChI is InChI=1S/C28H32F2N4O3/c1-18(2)17-34(20-7-4-3-5-8-20)25-13-11-21(33-14-6-9-26(33)27(35)36)16-24(25)32-28(37)31-23-12-10-19(29)15-22(23)30/h6,9-16,18,20H,3-5,7-8,17H2,1-2H3,(H,35,36)(H2,31,32,37). The Hall–Kier alpha value is -3.88. The number of aromatic carboxylic acids is 1. The predicted octanol–water partition coefficient (Wildman–Crippen LogP) is 6.89. The summed E-state index contributed by atoms with van der Waals surface area (Å²) < 4.78 is 29.0. The Bertz CT molecular complexity index is 1270. The fourth-order valence-electron chi connectivity index (χ4n) is 4.90. The van der Waals surface area contributed by atoms with Crippen LogP contribution in [0.3, 0.4) is 0 Å². The number of carbonyl (C=O) groups is 2. The van der Waals surface area contributed by atoms with E-state index in [2.05, 4.69) is 29.4 Å². The van der Waals surface area contributed by atoms with E-state index in [4.69, 9.17) is 0 Å². The van der Waals surface area contributed by atoms with Gasteiger partial charge in [-0.2, -0.15) is 0 Å². The molecule has 3 aromatic rings. The zero-order chi connectivity index (χ0) is 26.5. The molecular weight excluding hydrogens is 478 g/mol. The zero-order valence-corrected chi connectivity index (χ0v) is 21.0. The molecule has 0 aliphatic heterocycles. The highest BCUT2D eigenvalue weighted by Gasteiger charge is 2.25. The maximum atomic E-state index is 14.2. The second-order valence-electron chi connectivity index (χ2n) is 9.81. The molecule has 7 nitrogen and oxygen atoms in total. The van der Waals surface area contributed by atoms with Crippen molar-refractivity contribution in [3.63, 3.8) is 0 Å². The molecule has 2 aromatic carbocycles. The lowest BCUT2D eigenvalue weighted by Gasteiger charge is -2.38. The third kappa shape index (κ3) is 6.28. The summed E-state index contributed by atoms with van der Waals surface area (Å²) in [4.78, 5) is 27.0. The van der Waals surface area contributed by atoms with Crippen molar-refractivity contribution in [2.24, 2.45) is 5.92 Å². The average Bonchev–Trinajstić information content (AvgIpc) is 3.35. The molecular formula is C28H32F2N4O3. The van der Waals surface area contributed by atoms with Crippen molar-refractivity contribution in [1.82, 2.24) is 4.57 Å². The Balaban J connectivity index is 1.73. The van der Waals surface area contributed by atoms with Crippen LogP contribution in [0.4, 0.5) is 30.6 Å². The molecule has 196 valence electrons. The van der Waals surface area contributed by atoms with Gasteiger partial charge in [-0.05, 0) is 61.2 Å². The first-order valence-corrected chi connectivity index (χ1v) is 12.6. The van der Waals surface area contributed by atoms with Crippen LogP contribution in [0.15, 0.2) is 54.7 Å². The van der Waals surface area contributed by atoms with E-state index >= 15 is 0 Å². The fraction of sp³-hybridized carbons (Fsp3) is 0.357. The summed E-state index contributed by atoms with van der Waals surface area (Å²) in [5.74, 6) is -2.33. The van der Waals surface area contributed by atoms with Gasteiger partial charge in [0, 0.05) is 30.5 Å². The molecule has 9 heteroatoms. The molecule has 1 heterocycles. The van der Waals surface area contributed by atoms with Crippen molar-refractivity contribution in [3.05, 3.63) is 72.1 Å². The van der Waals surface area contributed by atoms with Crippen molar-refractivity contribution in [3.8, 4) is 5.69 Å². The minimum Gasteiger partial charge on any atom is -0.477 e. The van der Waals surface area contributed by atoms with Gasteiger partial charge in [-0.3, -0.25) is 0 Å². The topological polar surface area (TPSA) is 86.6 Å². The summed E-state index contributed by atoms with van der Waals surface area (Å²) in [6.07, 6.45) is 7.20. The van der Waals surface area contributed by atoms with Gasteiger partial charge in [0.1, 0.15) is 17.3 Å². The van der Waals surface area contributed by atoms with Crippen LogP contribution in [0.5, 0.6) is 0 Å². The molecule has 1 saturated carbocycles. The summed E-state index contributed by atoms with van der Waals surface area (Å²) in [7, 11) is 0. The number of carbonyl (C=O) groups excluding carboxylic acids is 1. The van der Waals surface area contributed by atoms with Gasteiger partial charge in [-0.1, -0.05) is 33.1 Å². The summed E-state index contributed by atoms with van der Waals surface area (Å²) in [5.41, 5.74) is 1.77. The number of aromatic nitrogens is 1. The third-order valence-electron chi connectivity index (χ3n) is 6.54. The SMILES string of the molecule is CC(C)CN(c1ccc(-n2cccc2C(=O)O)cc1NC(=O)Nc1ccc(F)cc1F)C1CCCCC1. The van der Waals surface area contributed by atoms with E-state index in [-0.39, 0.29) is 11.4 Å². The number of hydrogen-bond donors (Lipinski definition) is 3. The van der Waals surface area contributed by atoms with Crippen LogP contribution in [-0.2, 0) is 0 Å². The first kappa shape index (κ1) is 26.2. The molecule has 1 aliphatic rings. The highest BCUT2D eigenvalue weighted by molar-refractivity contribution is 6.02. The van der Waals surface area contributed by atoms with Gasteiger partial charge in [0.05, 0.1) is 17.1 Å². The van der Waals surface area contributed by atoms with Crippen LogP contribution in [-0.4, -0.2) is 34.3 Å². The van der Waals surface area contributed by atoms with Crippen LogP contribution in [0.2, 0.25) is 0 Å². The van der Waals surface area contributed by atoms with Gasteiger partial charge in [0.25, 0.3) is 0 Å². The number of nitrogens with zero attached hydrogens (tertiary/aromatic N) is 2. The molecule has 0 unspecified atom stereocenters. The molecule has 0 atom stereocenters. The molecule has 0 spiro atoms. The van der Waals surface area contributed by atoms with Crippen molar-refractivity contribution >= 4 is 29.1 Å². The highest BCUT2D eigenvalue weighted by Crippen LogP contribution is 2.35. The van der Waals surface area contributed by atoms with Gasteiger partial charge in [0.2, 0.25) is 0 Å². The highest BCUT2D eigenvalue weighted by atomic mass is 19.1. The number of amides is 2. The molecule has 37 heavy (non-hydrogen) atoms. The summed E-state index contributed by atoms with van der Waals surface area (Å²) in [5, 5.41) is 14.9. The van der Waals surface area contributed by atoms with E-state index in [1.807, 2.05) is 12.1 Å². The zero-order valence-electron chi connectivity index (χ0n) is 21.0. The van der Waals surface area contributed by atoms with E-state index in [1.165, 1.54) is 17.1 Å². The van der Waals surface area contributed by atoms with Crippen LogP contribution in [0.1, 0.15) is 56.4 Å². The maximum absolute atomic E-state index is 14.2. The lowest BCUT2D eigenvalue weighted by atomic mass is 9.93. The van der Waals surface area contributed by atoms with Crippen LogP contribution in [0.25, 0.3) is 5.69 Å². The molecule has 0 saturated heterocycles. The van der Waals surface area contributed by atoms with Gasteiger partial charge < -0.3 is 25.2 Å². The summed E-state index contributed by atoms with van der Waals surface area (Å²) in [6, 6.07) is 11.1. The van der Waals surface area contributed by atoms with E-state index in [9.17, 15) is 23.5 Å². The summed E-state index contributed by atoms with van der Waals surface area (Å²) in [6.45, 7) is 5.05. The number of halogens is 2. The fourth-order valence-corrected chi connectivity index (χ4v) is 4.90. The number of hydrogen-bond acceptors (Lipinski definition) is 3. The molecule has 1 aliphatic carbocycles. The maximum Gasteiger partial charge on any atom is 0.352 e. The molecule has 1 fully saturated rings. The second-order valence-corrected chi connectivity index (χ2v) is 9.81. The lowest BCUT2D eigenvalue weighted by molar-refractivity contribution is 0.0688. The van der Waals surface area contributed by atoms with Crippen molar-refractivity contribution in [2.45, 2.75) is 52.0 Å². The molecule has 2 amide bonds. The predicted molar refractivity (Wildman–Crippen MR) is 141 cm³/mol. The molecule has 0 bridgehead atoms. The lowest BCUT2D eigenvalue weighted by Crippen LogP contribution is -2.40. The largest absolute Gasteiger partial charge is 0.477 e. The molecule has 3 N–H and O–H groups in total.